The molecule has 2 aromatic rings. The van der Waals surface area contributed by atoms with Crippen LogP contribution in [0, 0.1) is 3.57 Å². The molecule has 0 saturated heterocycles. The predicted octanol–water partition coefficient (Wildman–Crippen LogP) is 1.48. The summed E-state index contributed by atoms with van der Waals surface area (Å²) in [5.74, 6) is 0.164. The van der Waals surface area contributed by atoms with Crippen LogP contribution in [0.4, 0.5) is 0 Å². The number of phosphoric ester groups is 1. The fourth-order valence-corrected chi connectivity index (χ4v) is 2.17. The minimum absolute atomic E-state index is 0. The van der Waals surface area contributed by atoms with E-state index in [1.54, 1.807) is 6.07 Å². The normalized spacial score (nSPS) is 10.5. The maximum Gasteiger partial charge on any atom is 0.524 e. The van der Waals surface area contributed by atoms with E-state index in [1.807, 2.05) is 12.1 Å². The van der Waals surface area contributed by atoms with Crippen LogP contribution in [0.15, 0.2) is 24.4 Å². The number of H-pyrrole nitrogens is 1. The van der Waals surface area contributed by atoms with Gasteiger partial charge in [0.05, 0.1) is 0 Å². The number of nitrogens with one attached hydrogen (secondary N) is 1. The number of hydrogen-bond acceptors (Lipinski definition) is 2. The fourth-order valence-electron chi connectivity index (χ4n) is 1.27. The number of fused-ring (bicyclic) bond motifs is 1. The second kappa shape index (κ2) is 7.28. The van der Waals surface area contributed by atoms with Crippen LogP contribution in [0.5, 0.6) is 5.75 Å². The molecule has 1 aromatic carbocycles. The van der Waals surface area contributed by atoms with Crippen molar-refractivity contribution in [3.63, 3.8) is 0 Å². The smallest absolute Gasteiger partial charge is 0.402 e. The molecule has 0 fully saturated rings. The Labute approximate surface area is 156 Å². The van der Waals surface area contributed by atoms with E-state index in [-0.39, 0.29) is 64.9 Å². The van der Waals surface area contributed by atoms with Crippen molar-refractivity contribution >= 4 is 100 Å². The van der Waals surface area contributed by atoms with Crippen LogP contribution in [-0.2, 0) is 4.57 Å². The molecule has 0 aliphatic carbocycles. The Morgan fingerprint density at radius 2 is 1.94 bits per heavy atom. The van der Waals surface area contributed by atoms with Crippen molar-refractivity contribution in [3.8, 4) is 5.75 Å². The average Bonchev–Trinajstić information content (AvgIpc) is 2.46. The number of benzene rings is 1. The molecule has 0 atom stereocenters. The summed E-state index contributed by atoms with van der Waals surface area (Å²) in [4.78, 5) is 20.2. The third kappa shape index (κ3) is 5.14. The first-order valence-corrected chi connectivity index (χ1v) is 6.58. The molecule has 17 heavy (non-hydrogen) atoms. The molecule has 0 unspecified atom stereocenters. The van der Waals surface area contributed by atoms with Crippen molar-refractivity contribution in [2.45, 2.75) is 0 Å². The maximum atomic E-state index is 10.7. The second-order valence-corrected chi connectivity index (χ2v) is 5.33. The molecule has 82 valence electrons. The average molecular weight is 385 g/mol. The summed E-state index contributed by atoms with van der Waals surface area (Å²) >= 11 is 2.12. The molecule has 0 bridgehead atoms. The minimum Gasteiger partial charge on any atom is -0.402 e. The quantitative estimate of drug-likeness (QED) is 0.416. The van der Waals surface area contributed by atoms with Crippen LogP contribution < -0.4 is 4.52 Å². The minimum atomic E-state index is -4.50. The Bertz CT molecular complexity index is 555. The molecule has 0 saturated carbocycles. The summed E-state index contributed by atoms with van der Waals surface area (Å²) in [6.07, 6.45) is 1.43. The summed E-state index contributed by atoms with van der Waals surface area (Å²) < 4.78 is 16.2. The molecule has 0 aliphatic rings. The van der Waals surface area contributed by atoms with Gasteiger partial charge in [0.2, 0.25) is 0 Å². The molecule has 2 radical (unpaired) electrons. The third-order valence-electron chi connectivity index (χ3n) is 1.82. The number of phosphoric acid groups is 1. The third-order valence-corrected chi connectivity index (χ3v) is 2.93. The van der Waals surface area contributed by atoms with E-state index in [9.17, 15) is 4.57 Å². The number of aromatic amines is 1. The van der Waals surface area contributed by atoms with Crippen molar-refractivity contribution in [1.29, 1.82) is 0 Å². The van der Waals surface area contributed by atoms with Crippen LogP contribution in [0.1, 0.15) is 0 Å². The zero-order valence-electron chi connectivity index (χ0n) is 9.35. The Balaban J connectivity index is 0.00000128. The van der Waals surface area contributed by atoms with Crippen LogP contribution in [0.25, 0.3) is 10.9 Å². The molecule has 2 rings (SSSR count). The standard InChI is InChI=1S/C8H7INO4P.2Na/c9-5-1-2-7-6(3-5)8(4-10-7)14-15(11,12)13;;/h1-4,10H,(H2,11,12,13);;. The topological polar surface area (TPSA) is 82.6 Å². The van der Waals surface area contributed by atoms with Crippen molar-refractivity contribution in [1.82, 2.24) is 4.98 Å². The van der Waals surface area contributed by atoms with Crippen LogP contribution in [0.2, 0.25) is 0 Å². The van der Waals surface area contributed by atoms with Gasteiger partial charge in [-0.05, 0) is 40.8 Å². The fraction of sp³-hybridized carbons (Fsp3) is 0. The van der Waals surface area contributed by atoms with E-state index in [1.165, 1.54) is 6.20 Å². The zero-order valence-corrected chi connectivity index (χ0v) is 16.4. The molecule has 0 aliphatic heterocycles. The summed E-state index contributed by atoms with van der Waals surface area (Å²) in [5, 5.41) is 0.658. The first-order valence-electron chi connectivity index (χ1n) is 3.97. The zero-order chi connectivity index (χ0) is 11.1. The van der Waals surface area contributed by atoms with E-state index in [0.717, 1.165) is 9.09 Å². The summed E-state index contributed by atoms with van der Waals surface area (Å²) in [5.41, 5.74) is 0.777. The molecular formula is C8H7INNa2O4P. The van der Waals surface area contributed by atoms with Gasteiger partial charge in [-0.1, -0.05) is 0 Å². The van der Waals surface area contributed by atoms with Gasteiger partial charge in [-0.2, -0.15) is 0 Å². The van der Waals surface area contributed by atoms with Crippen LogP contribution in [0.3, 0.4) is 0 Å². The van der Waals surface area contributed by atoms with Crippen molar-refractivity contribution in [3.05, 3.63) is 28.0 Å². The van der Waals surface area contributed by atoms with Crippen LogP contribution >= 0.6 is 30.4 Å². The molecule has 0 spiro atoms. The van der Waals surface area contributed by atoms with Gasteiger partial charge in [-0.25, -0.2) is 4.57 Å². The van der Waals surface area contributed by atoms with Crippen molar-refractivity contribution in [2.75, 3.05) is 0 Å². The monoisotopic (exact) mass is 385 g/mol. The van der Waals surface area contributed by atoms with E-state index in [0.29, 0.717) is 5.39 Å². The number of hydrogen-bond donors (Lipinski definition) is 3. The first kappa shape index (κ1) is 18.4. The van der Waals surface area contributed by atoms with E-state index in [4.69, 9.17) is 9.79 Å². The molecule has 0 amide bonds. The van der Waals surface area contributed by atoms with Gasteiger partial charge in [0.1, 0.15) is 0 Å². The molecule has 1 aromatic heterocycles. The van der Waals surface area contributed by atoms with Crippen LogP contribution in [-0.4, -0.2) is 73.9 Å². The largest absolute Gasteiger partial charge is 0.524 e. The van der Waals surface area contributed by atoms with Gasteiger partial charge in [0.15, 0.2) is 5.75 Å². The summed E-state index contributed by atoms with van der Waals surface area (Å²) in [6.45, 7) is 0. The first-order chi connectivity index (χ1) is 6.96. The van der Waals surface area contributed by atoms with Gasteiger partial charge >= 0.3 is 7.82 Å². The molecular weight excluding hydrogens is 378 g/mol. The van der Waals surface area contributed by atoms with Gasteiger partial charge < -0.3 is 9.51 Å². The SMILES string of the molecule is O=P(O)(O)Oc1c[nH]c2ccc(I)cc12.[Na].[Na]. The summed E-state index contributed by atoms with van der Waals surface area (Å²) in [7, 11) is -4.50. The van der Waals surface area contributed by atoms with Crippen molar-refractivity contribution in [2.24, 2.45) is 0 Å². The molecule has 5 nitrogen and oxygen atoms in total. The van der Waals surface area contributed by atoms with Gasteiger partial charge in [-0.15, -0.1) is 0 Å². The van der Waals surface area contributed by atoms with Crippen molar-refractivity contribution < 1.29 is 18.9 Å². The van der Waals surface area contributed by atoms with E-state index in [2.05, 4.69) is 32.1 Å². The molecule has 3 N–H and O–H groups in total. The molecule has 9 heteroatoms. The predicted molar refractivity (Wildman–Crippen MR) is 75.2 cm³/mol. The van der Waals surface area contributed by atoms with E-state index < -0.39 is 7.82 Å². The molecule has 1 heterocycles. The second-order valence-electron chi connectivity index (χ2n) is 2.92. The Morgan fingerprint density at radius 3 is 2.53 bits per heavy atom. The summed E-state index contributed by atoms with van der Waals surface area (Å²) in [6, 6.07) is 5.50. The Hall–Kier alpha value is 1.44. The number of rotatable bonds is 2. The Kier molecular flexibility index (Phi) is 7.90. The number of halogens is 1. The van der Waals surface area contributed by atoms with Gasteiger partial charge in [-0.3, -0.25) is 9.79 Å². The van der Waals surface area contributed by atoms with Gasteiger partial charge in [0, 0.05) is 79.8 Å². The number of aromatic nitrogens is 1. The van der Waals surface area contributed by atoms with Gasteiger partial charge in [0.25, 0.3) is 0 Å². The Morgan fingerprint density at radius 1 is 1.29 bits per heavy atom. The maximum absolute atomic E-state index is 10.7. The van der Waals surface area contributed by atoms with E-state index >= 15 is 0 Å².